The van der Waals surface area contributed by atoms with Crippen molar-refractivity contribution in [3.05, 3.63) is 177 Å². The first kappa shape index (κ1) is 43.9. The third-order valence-corrected chi connectivity index (χ3v) is 12.5. The van der Waals surface area contributed by atoms with E-state index in [1.165, 1.54) is 12.1 Å². The Morgan fingerprint density at radius 3 is 1.86 bits per heavy atom. The molecule has 12 heteroatoms. The molecule has 2 heterocycles. The highest BCUT2D eigenvalue weighted by Gasteiger charge is 2.40. The highest BCUT2D eigenvalue weighted by molar-refractivity contribution is 6.31. The number of carbonyl (C=O) groups is 2. The van der Waals surface area contributed by atoms with E-state index < -0.39 is 17.9 Å². The zero-order valence-electron chi connectivity index (χ0n) is 36.4. The lowest BCUT2D eigenvalue weighted by Crippen LogP contribution is -2.44. The fourth-order valence-corrected chi connectivity index (χ4v) is 9.22. The summed E-state index contributed by atoms with van der Waals surface area (Å²) in [6, 6.07) is 35.1. The Morgan fingerprint density at radius 1 is 0.641 bits per heavy atom. The van der Waals surface area contributed by atoms with Crippen LogP contribution in [-0.2, 0) is 19.3 Å². The summed E-state index contributed by atoms with van der Waals surface area (Å²) in [6.07, 6.45) is 2.31. The van der Waals surface area contributed by atoms with Crippen LogP contribution in [0.3, 0.4) is 0 Å². The van der Waals surface area contributed by atoms with Crippen molar-refractivity contribution in [2.24, 2.45) is 0 Å². The molecule has 8 rings (SSSR count). The van der Waals surface area contributed by atoms with Crippen LogP contribution in [0, 0.1) is 5.82 Å². The van der Waals surface area contributed by atoms with Gasteiger partial charge in [0.15, 0.2) is 23.0 Å². The smallest absolute Gasteiger partial charge is 0.255 e. The number of aryl methyl sites for hydroxylation is 1. The van der Waals surface area contributed by atoms with Crippen LogP contribution in [0.15, 0.2) is 121 Å². The number of halogens is 2. The Hall–Kier alpha value is -6.72. The minimum absolute atomic E-state index is 0.139. The lowest BCUT2D eigenvalue weighted by atomic mass is 9.84. The lowest BCUT2D eigenvalue weighted by molar-refractivity contribution is 0.0435. The van der Waals surface area contributed by atoms with Gasteiger partial charge in [-0.1, -0.05) is 48.0 Å². The van der Waals surface area contributed by atoms with E-state index in [1.807, 2.05) is 58.3 Å². The van der Waals surface area contributed by atoms with Crippen molar-refractivity contribution < 1.29 is 42.4 Å². The normalized spacial score (nSPS) is 16.6. The molecule has 0 spiro atoms. The molecule has 330 valence electrons. The van der Waals surface area contributed by atoms with Crippen molar-refractivity contribution in [2.75, 3.05) is 48.7 Å². The predicted octanol–water partition coefficient (Wildman–Crippen LogP) is 10.5. The van der Waals surface area contributed by atoms with E-state index >= 15 is 0 Å². The first-order valence-corrected chi connectivity index (χ1v) is 21.5. The molecule has 0 fully saturated rings. The average Bonchev–Trinajstić information content (AvgIpc) is 3.33. The second-order valence-corrected chi connectivity index (χ2v) is 16.2. The van der Waals surface area contributed by atoms with Gasteiger partial charge in [0, 0.05) is 22.7 Å². The van der Waals surface area contributed by atoms with E-state index in [0.717, 1.165) is 33.4 Å². The maximum atomic E-state index is 14.9. The maximum Gasteiger partial charge on any atom is 0.255 e. The second kappa shape index (κ2) is 19.3. The van der Waals surface area contributed by atoms with E-state index in [-0.39, 0.29) is 24.5 Å². The molecule has 0 radical (unpaired) electrons. The molecule has 0 aromatic heterocycles. The molecule has 0 saturated heterocycles. The lowest BCUT2D eigenvalue weighted by Gasteiger charge is -2.44. The third kappa shape index (κ3) is 9.03. The SMILES string of the molecule is COc1ccc(OCC2c3cc(OC)c(OC)cc3CC(c3ccc(CCC4c5cc(OC)c(OC)cc5CCN4C(=O)c4cccc(F)c4)cc3)N2C(=O)c2cccc(Cl)c2)cc1. The van der Waals surface area contributed by atoms with Crippen molar-refractivity contribution in [3.8, 4) is 34.5 Å². The number of hydrogen-bond donors (Lipinski definition) is 0. The first-order valence-electron chi connectivity index (χ1n) is 21.1. The van der Waals surface area contributed by atoms with Gasteiger partial charge in [0.1, 0.15) is 23.9 Å². The van der Waals surface area contributed by atoms with Gasteiger partial charge in [0.2, 0.25) is 0 Å². The molecule has 6 aromatic rings. The van der Waals surface area contributed by atoms with Gasteiger partial charge in [-0.05, 0) is 144 Å². The Morgan fingerprint density at radius 2 is 1.23 bits per heavy atom. The van der Waals surface area contributed by atoms with E-state index in [4.69, 9.17) is 40.0 Å². The van der Waals surface area contributed by atoms with Gasteiger partial charge in [-0.15, -0.1) is 0 Å². The molecule has 0 bridgehead atoms. The Bertz CT molecular complexity index is 2640. The standard InChI is InChI=1S/C52H50ClFN2O8/c1-59-40-17-19-41(20-18-40)64-31-46-43-30-50(63-5)48(61-3)28-37(43)26-45(56(46)52(58)35-8-6-10-38(53)24-35)33-15-12-32(13-16-33)14-21-44-42-29-49(62-4)47(60-2)27-34(42)22-23-55(44)51(57)36-9-7-11-39(54)25-36/h6-13,15-20,24-25,27-30,44-46H,14,21-23,26,31H2,1-5H3. The summed E-state index contributed by atoms with van der Waals surface area (Å²) in [5, 5.41) is 0.455. The summed E-state index contributed by atoms with van der Waals surface area (Å²) in [4.78, 5) is 32.7. The monoisotopic (exact) mass is 884 g/mol. The van der Waals surface area contributed by atoms with E-state index in [2.05, 4.69) is 24.3 Å². The first-order chi connectivity index (χ1) is 31.1. The van der Waals surface area contributed by atoms with Gasteiger partial charge in [0.05, 0.1) is 53.7 Å². The van der Waals surface area contributed by atoms with Crippen molar-refractivity contribution in [1.82, 2.24) is 9.80 Å². The van der Waals surface area contributed by atoms with Crippen molar-refractivity contribution >= 4 is 23.4 Å². The van der Waals surface area contributed by atoms with Gasteiger partial charge in [-0.3, -0.25) is 9.59 Å². The molecule has 2 aliphatic rings. The molecule has 0 saturated carbocycles. The van der Waals surface area contributed by atoms with Crippen LogP contribution in [0.2, 0.25) is 5.02 Å². The summed E-state index contributed by atoms with van der Waals surface area (Å²) < 4.78 is 49.1. The largest absolute Gasteiger partial charge is 0.497 e. The van der Waals surface area contributed by atoms with Crippen molar-refractivity contribution in [3.63, 3.8) is 0 Å². The minimum Gasteiger partial charge on any atom is -0.497 e. The number of carbonyl (C=O) groups excluding carboxylic acids is 2. The molecule has 0 aliphatic carbocycles. The highest BCUT2D eigenvalue weighted by Crippen LogP contribution is 2.46. The zero-order chi connectivity index (χ0) is 44.9. The fraction of sp³-hybridized carbons (Fsp3) is 0.269. The van der Waals surface area contributed by atoms with Crippen LogP contribution in [0.4, 0.5) is 4.39 Å². The molecule has 3 atom stereocenters. The van der Waals surface area contributed by atoms with E-state index in [0.29, 0.717) is 82.9 Å². The molecule has 2 amide bonds. The minimum atomic E-state index is -0.551. The van der Waals surface area contributed by atoms with Crippen LogP contribution in [0.25, 0.3) is 0 Å². The van der Waals surface area contributed by atoms with Crippen LogP contribution >= 0.6 is 11.6 Å². The number of fused-ring (bicyclic) bond motifs is 2. The van der Waals surface area contributed by atoms with Crippen molar-refractivity contribution in [2.45, 2.75) is 43.8 Å². The number of methoxy groups -OCH3 is 5. The summed E-state index contributed by atoms with van der Waals surface area (Å²) in [5.74, 6) is 2.76. The number of ether oxygens (including phenoxy) is 6. The molecule has 6 aromatic carbocycles. The molecular formula is C52H50ClFN2O8. The number of rotatable bonds is 14. The molecule has 10 nitrogen and oxygen atoms in total. The predicted molar refractivity (Wildman–Crippen MR) is 243 cm³/mol. The van der Waals surface area contributed by atoms with Crippen molar-refractivity contribution in [1.29, 1.82) is 0 Å². The Labute approximate surface area is 378 Å². The summed E-state index contributed by atoms with van der Waals surface area (Å²) in [6.45, 7) is 0.598. The van der Waals surface area contributed by atoms with Gasteiger partial charge in [0.25, 0.3) is 11.8 Å². The van der Waals surface area contributed by atoms with Gasteiger partial charge in [-0.25, -0.2) is 4.39 Å². The summed E-state index contributed by atoms with van der Waals surface area (Å²) >= 11 is 6.48. The number of amides is 2. The van der Waals surface area contributed by atoms with E-state index in [9.17, 15) is 14.0 Å². The number of hydrogen-bond acceptors (Lipinski definition) is 8. The van der Waals surface area contributed by atoms with E-state index in [1.54, 1.807) is 71.9 Å². The molecule has 3 unspecified atom stereocenters. The Kier molecular flexibility index (Phi) is 13.3. The third-order valence-electron chi connectivity index (χ3n) is 12.3. The van der Waals surface area contributed by atoms with Crippen LogP contribution in [0.1, 0.15) is 78.6 Å². The molecule has 0 N–H and O–H groups in total. The Balaban J connectivity index is 1.14. The van der Waals surface area contributed by atoms with Gasteiger partial charge >= 0.3 is 0 Å². The molecule has 2 aliphatic heterocycles. The van der Waals surface area contributed by atoms with Crippen LogP contribution in [-0.4, -0.2) is 70.3 Å². The number of benzene rings is 6. The molecule has 64 heavy (non-hydrogen) atoms. The zero-order valence-corrected chi connectivity index (χ0v) is 37.2. The van der Waals surface area contributed by atoms with Crippen LogP contribution in [0.5, 0.6) is 34.5 Å². The van der Waals surface area contributed by atoms with Gasteiger partial charge < -0.3 is 38.2 Å². The second-order valence-electron chi connectivity index (χ2n) is 15.8. The van der Waals surface area contributed by atoms with Crippen LogP contribution < -0.4 is 28.4 Å². The molecular weight excluding hydrogens is 835 g/mol. The topological polar surface area (TPSA) is 96.0 Å². The number of nitrogens with zero attached hydrogens (tertiary/aromatic N) is 2. The quantitative estimate of drug-likeness (QED) is 0.107. The van der Waals surface area contributed by atoms with Gasteiger partial charge in [-0.2, -0.15) is 0 Å². The maximum absolute atomic E-state index is 14.9. The fourth-order valence-electron chi connectivity index (χ4n) is 9.03. The highest BCUT2D eigenvalue weighted by atomic mass is 35.5. The average molecular weight is 885 g/mol. The summed E-state index contributed by atoms with van der Waals surface area (Å²) in [5.41, 5.74) is 6.64. The summed E-state index contributed by atoms with van der Waals surface area (Å²) in [7, 11) is 8.02.